The van der Waals surface area contributed by atoms with Crippen LogP contribution >= 0.6 is 0 Å². The van der Waals surface area contributed by atoms with Crippen LogP contribution in [0.25, 0.3) is 10.9 Å². The van der Waals surface area contributed by atoms with Crippen LogP contribution in [-0.2, 0) is 4.79 Å². The van der Waals surface area contributed by atoms with Crippen LogP contribution in [0.15, 0.2) is 30.5 Å². The number of fused-ring (bicyclic) bond motifs is 1. The van der Waals surface area contributed by atoms with E-state index in [1.54, 1.807) is 6.20 Å². The monoisotopic (exact) mass is 253 g/mol. The number of nitrogens with one attached hydrogen (secondary N) is 2. The van der Waals surface area contributed by atoms with Gasteiger partial charge in [0.15, 0.2) is 0 Å². The van der Waals surface area contributed by atoms with Crippen LogP contribution in [-0.4, -0.2) is 24.0 Å². The van der Waals surface area contributed by atoms with Crippen molar-refractivity contribution in [2.45, 2.75) is 6.92 Å². The summed E-state index contributed by atoms with van der Waals surface area (Å²) in [7, 11) is 0. The predicted octanol–water partition coefficient (Wildman–Crippen LogP) is 1.70. The lowest BCUT2D eigenvalue weighted by molar-refractivity contribution is -0.119. The van der Waals surface area contributed by atoms with Crippen molar-refractivity contribution in [2.24, 2.45) is 0 Å². The molecule has 2 aromatic rings. The highest BCUT2D eigenvalue weighted by Crippen LogP contribution is 2.23. The fourth-order valence-electron chi connectivity index (χ4n) is 1.87. The molecule has 96 valence electrons. The van der Waals surface area contributed by atoms with E-state index in [0.717, 1.165) is 22.2 Å². The van der Waals surface area contributed by atoms with E-state index in [1.807, 2.05) is 31.2 Å². The SMILES string of the molecule is C#CCNC(=O)CNc1ccnc2c(C)cccc12. The molecule has 0 unspecified atom stereocenters. The zero-order chi connectivity index (χ0) is 13.7. The number of terminal acetylenes is 1. The zero-order valence-corrected chi connectivity index (χ0v) is 10.7. The van der Waals surface area contributed by atoms with Gasteiger partial charge in [0, 0.05) is 17.3 Å². The summed E-state index contributed by atoms with van der Waals surface area (Å²) in [5.41, 5.74) is 2.94. The molecule has 1 aromatic carbocycles. The van der Waals surface area contributed by atoms with E-state index in [1.165, 1.54) is 0 Å². The number of pyridine rings is 1. The highest BCUT2D eigenvalue weighted by Gasteiger charge is 2.05. The van der Waals surface area contributed by atoms with Gasteiger partial charge in [-0.15, -0.1) is 6.42 Å². The van der Waals surface area contributed by atoms with E-state index in [2.05, 4.69) is 21.5 Å². The first kappa shape index (κ1) is 12.9. The molecule has 0 aliphatic carbocycles. The molecular weight excluding hydrogens is 238 g/mol. The number of rotatable bonds is 4. The number of para-hydroxylation sites is 1. The van der Waals surface area contributed by atoms with Crippen LogP contribution in [0.4, 0.5) is 5.69 Å². The first-order chi connectivity index (χ1) is 9.22. The fourth-order valence-corrected chi connectivity index (χ4v) is 1.87. The van der Waals surface area contributed by atoms with Crippen LogP contribution in [0.1, 0.15) is 5.56 Å². The van der Waals surface area contributed by atoms with Crippen molar-refractivity contribution in [1.82, 2.24) is 10.3 Å². The van der Waals surface area contributed by atoms with Crippen molar-refractivity contribution in [2.75, 3.05) is 18.4 Å². The minimum Gasteiger partial charge on any atom is -0.376 e. The van der Waals surface area contributed by atoms with Gasteiger partial charge in [-0.05, 0) is 18.6 Å². The van der Waals surface area contributed by atoms with Crippen molar-refractivity contribution in [3.05, 3.63) is 36.0 Å². The average molecular weight is 253 g/mol. The van der Waals surface area contributed by atoms with Gasteiger partial charge in [-0.3, -0.25) is 9.78 Å². The maximum absolute atomic E-state index is 11.5. The lowest BCUT2D eigenvalue weighted by Gasteiger charge is -2.10. The van der Waals surface area contributed by atoms with Crippen molar-refractivity contribution < 1.29 is 4.79 Å². The van der Waals surface area contributed by atoms with E-state index < -0.39 is 0 Å². The Balaban J connectivity index is 2.16. The molecule has 4 heteroatoms. The van der Waals surface area contributed by atoms with Gasteiger partial charge in [0.05, 0.1) is 18.6 Å². The smallest absolute Gasteiger partial charge is 0.240 e. The van der Waals surface area contributed by atoms with E-state index in [9.17, 15) is 4.79 Å². The summed E-state index contributed by atoms with van der Waals surface area (Å²) in [5, 5.41) is 6.72. The Hall–Kier alpha value is -2.54. The Bertz CT molecular complexity index is 643. The summed E-state index contributed by atoms with van der Waals surface area (Å²) in [6.45, 7) is 2.45. The van der Waals surface area contributed by atoms with Crippen molar-refractivity contribution >= 4 is 22.5 Å². The molecule has 0 spiro atoms. The van der Waals surface area contributed by atoms with Crippen molar-refractivity contribution in [3.63, 3.8) is 0 Å². The highest BCUT2D eigenvalue weighted by atomic mass is 16.1. The van der Waals surface area contributed by atoms with E-state index in [-0.39, 0.29) is 19.0 Å². The third kappa shape index (κ3) is 3.02. The van der Waals surface area contributed by atoms with E-state index >= 15 is 0 Å². The van der Waals surface area contributed by atoms with Gasteiger partial charge in [0.1, 0.15) is 0 Å². The number of hydrogen-bond acceptors (Lipinski definition) is 3. The van der Waals surface area contributed by atoms with Crippen molar-refractivity contribution in [1.29, 1.82) is 0 Å². The van der Waals surface area contributed by atoms with E-state index in [0.29, 0.717) is 0 Å². The summed E-state index contributed by atoms with van der Waals surface area (Å²) in [5.74, 6) is 2.24. The maximum atomic E-state index is 11.5. The molecule has 1 amide bonds. The van der Waals surface area contributed by atoms with Crippen LogP contribution < -0.4 is 10.6 Å². The molecule has 1 aromatic heterocycles. The Morgan fingerprint density at radius 3 is 3.05 bits per heavy atom. The second-order valence-corrected chi connectivity index (χ2v) is 4.16. The van der Waals surface area contributed by atoms with Crippen LogP contribution in [0, 0.1) is 19.3 Å². The van der Waals surface area contributed by atoms with Crippen LogP contribution in [0.2, 0.25) is 0 Å². The molecule has 4 nitrogen and oxygen atoms in total. The molecular formula is C15H15N3O. The fraction of sp³-hybridized carbons (Fsp3) is 0.200. The minimum atomic E-state index is -0.129. The number of hydrogen-bond donors (Lipinski definition) is 2. The maximum Gasteiger partial charge on any atom is 0.240 e. The molecule has 0 fully saturated rings. The molecule has 0 radical (unpaired) electrons. The quantitative estimate of drug-likeness (QED) is 0.815. The predicted molar refractivity (Wildman–Crippen MR) is 76.8 cm³/mol. The van der Waals surface area contributed by atoms with Crippen LogP contribution in [0.5, 0.6) is 0 Å². The number of carbonyl (C=O) groups excluding carboxylic acids is 1. The molecule has 2 N–H and O–H groups in total. The van der Waals surface area contributed by atoms with Gasteiger partial charge in [0.2, 0.25) is 5.91 Å². The number of anilines is 1. The van der Waals surface area contributed by atoms with Crippen LogP contribution in [0.3, 0.4) is 0 Å². The average Bonchev–Trinajstić information content (AvgIpc) is 2.43. The second kappa shape index (κ2) is 5.87. The topological polar surface area (TPSA) is 54.0 Å². The number of aromatic nitrogens is 1. The van der Waals surface area contributed by atoms with E-state index in [4.69, 9.17) is 6.42 Å². The Morgan fingerprint density at radius 2 is 2.26 bits per heavy atom. The largest absolute Gasteiger partial charge is 0.376 e. The normalized spacial score (nSPS) is 9.89. The molecule has 19 heavy (non-hydrogen) atoms. The Labute approximate surface area is 112 Å². The molecule has 2 rings (SSSR count). The third-order valence-electron chi connectivity index (χ3n) is 2.80. The number of benzene rings is 1. The molecule has 0 bridgehead atoms. The molecule has 0 saturated carbocycles. The summed E-state index contributed by atoms with van der Waals surface area (Å²) in [4.78, 5) is 15.8. The standard InChI is InChI=1S/C15H15N3O/c1-3-8-16-14(19)10-18-13-7-9-17-15-11(2)5-4-6-12(13)15/h1,4-7,9H,8,10H2,2H3,(H,16,19)(H,17,18). The second-order valence-electron chi connectivity index (χ2n) is 4.16. The Kier molecular flexibility index (Phi) is 3.99. The summed E-state index contributed by atoms with van der Waals surface area (Å²) in [6.07, 6.45) is 6.81. The van der Waals surface area contributed by atoms with Gasteiger partial charge < -0.3 is 10.6 Å². The summed E-state index contributed by atoms with van der Waals surface area (Å²) >= 11 is 0. The Morgan fingerprint density at radius 1 is 1.42 bits per heavy atom. The summed E-state index contributed by atoms with van der Waals surface area (Å²) < 4.78 is 0. The highest BCUT2D eigenvalue weighted by molar-refractivity contribution is 5.94. The number of nitrogens with zero attached hydrogens (tertiary/aromatic N) is 1. The zero-order valence-electron chi connectivity index (χ0n) is 10.7. The summed E-state index contributed by atoms with van der Waals surface area (Å²) in [6, 6.07) is 7.83. The molecule has 0 atom stereocenters. The van der Waals surface area contributed by atoms with Gasteiger partial charge >= 0.3 is 0 Å². The third-order valence-corrected chi connectivity index (χ3v) is 2.80. The molecule has 1 heterocycles. The number of aryl methyl sites for hydroxylation is 1. The van der Waals surface area contributed by atoms with Crippen molar-refractivity contribution in [3.8, 4) is 12.3 Å². The van der Waals surface area contributed by atoms with Gasteiger partial charge in [0.25, 0.3) is 0 Å². The molecule has 0 aliphatic rings. The molecule has 0 saturated heterocycles. The number of amides is 1. The first-order valence-corrected chi connectivity index (χ1v) is 6.00. The lowest BCUT2D eigenvalue weighted by atomic mass is 10.1. The van der Waals surface area contributed by atoms with Gasteiger partial charge in [-0.2, -0.15) is 0 Å². The van der Waals surface area contributed by atoms with Gasteiger partial charge in [-0.25, -0.2) is 0 Å². The van der Waals surface area contributed by atoms with Gasteiger partial charge in [-0.1, -0.05) is 24.1 Å². The number of carbonyl (C=O) groups is 1. The molecule has 0 aliphatic heterocycles. The minimum absolute atomic E-state index is 0.129. The first-order valence-electron chi connectivity index (χ1n) is 6.00. The lowest BCUT2D eigenvalue weighted by Crippen LogP contribution is -2.30.